The predicted molar refractivity (Wildman–Crippen MR) is 69.6 cm³/mol. The van der Waals surface area contributed by atoms with Crippen LogP contribution in [0.25, 0.3) is 0 Å². The van der Waals surface area contributed by atoms with Gasteiger partial charge in [-0.1, -0.05) is 0 Å². The van der Waals surface area contributed by atoms with E-state index in [1.807, 2.05) is 11.3 Å². The summed E-state index contributed by atoms with van der Waals surface area (Å²) in [6.07, 6.45) is 0. The van der Waals surface area contributed by atoms with Crippen LogP contribution in [0.1, 0.15) is 20.5 Å². The SMILES string of the molecule is Cc1ccc(CNCc2csc(CN)n2)s1. The standard InChI is InChI=1S/C11H15N3S2/c1-8-2-3-10(16-8)6-13-5-9-7-15-11(4-12)14-9/h2-3,7,13H,4-6,12H2,1H3. The molecule has 3 nitrogen and oxygen atoms in total. The lowest BCUT2D eigenvalue weighted by atomic mass is 10.4. The van der Waals surface area contributed by atoms with Gasteiger partial charge in [-0.25, -0.2) is 4.98 Å². The minimum absolute atomic E-state index is 0.536. The molecule has 2 aromatic rings. The number of thiophene rings is 1. The molecule has 0 saturated carbocycles. The number of aromatic nitrogens is 1. The van der Waals surface area contributed by atoms with Gasteiger partial charge >= 0.3 is 0 Å². The average Bonchev–Trinajstić information content (AvgIpc) is 2.88. The van der Waals surface area contributed by atoms with Crippen molar-refractivity contribution in [3.05, 3.63) is 38.0 Å². The maximum atomic E-state index is 5.51. The maximum absolute atomic E-state index is 5.51. The number of thiazole rings is 1. The molecule has 0 amide bonds. The zero-order valence-corrected chi connectivity index (χ0v) is 10.8. The van der Waals surface area contributed by atoms with Gasteiger partial charge in [0.2, 0.25) is 0 Å². The van der Waals surface area contributed by atoms with E-state index in [0.717, 1.165) is 23.8 Å². The van der Waals surface area contributed by atoms with Crippen LogP contribution in [0.4, 0.5) is 0 Å². The zero-order valence-electron chi connectivity index (χ0n) is 9.19. The van der Waals surface area contributed by atoms with Gasteiger partial charge in [-0.15, -0.1) is 22.7 Å². The summed E-state index contributed by atoms with van der Waals surface area (Å²) < 4.78 is 0. The van der Waals surface area contributed by atoms with Gasteiger partial charge in [-0.05, 0) is 19.1 Å². The fraction of sp³-hybridized carbons (Fsp3) is 0.364. The van der Waals surface area contributed by atoms with E-state index in [1.54, 1.807) is 11.3 Å². The van der Waals surface area contributed by atoms with Crippen molar-refractivity contribution in [1.29, 1.82) is 0 Å². The summed E-state index contributed by atoms with van der Waals surface area (Å²) in [5, 5.41) is 6.45. The summed E-state index contributed by atoms with van der Waals surface area (Å²) in [5.41, 5.74) is 6.60. The molecule has 0 aliphatic carbocycles. The Bertz CT molecular complexity index is 448. The van der Waals surface area contributed by atoms with Crippen molar-refractivity contribution in [2.45, 2.75) is 26.6 Å². The van der Waals surface area contributed by atoms with E-state index in [4.69, 9.17) is 5.73 Å². The number of rotatable bonds is 5. The van der Waals surface area contributed by atoms with Crippen LogP contribution in [0.3, 0.4) is 0 Å². The highest BCUT2D eigenvalue weighted by Crippen LogP contribution is 2.15. The highest BCUT2D eigenvalue weighted by atomic mass is 32.1. The summed E-state index contributed by atoms with van der Waals surface area (Å²) in [6.45, 7) is 4.39. The molecular formula is C11H15N3S2. The van der Waals surface area contributed by atoms with Gasteiger partial charge in [0, 0.05) is 34.8 Å². The quantitative estimate of drug-likeness (QED) is 0.859. The summed E-state index contributed by atoms with van der Waals surface area (Å²) >= 11 is 3.46. The molecule has 0 saturated heterocycles. The molecule has 2 aromatic heterocycles. The molecule has 0 spiro atoms. The summed E-state index contributed by atoms with van der Waals surface area (Å²) in [5.74, 6) is 0. The number of aryl methyl sites for hydroxylation is 1. The van der Waals surface area contributed by atoms with E-state index < -0.39 is 0 Å². The Morgan fingerprint density at radius 2 is 2.25 bits per heavy atom. The van der Waals surface area contributed by atoms with Crippen LogP contribution in [0.15, 0.2) is 17.5 Å². The van der Waals surface area contributed by atoms with Crippen LogP contribution in [0.5, 0.6) is 0 Å². The van der Waals surface area contributed by atoms with Crippen molar-refractivity contribution in [3.63, 3.8) is 0 Å². The smallest absolute Gasteiger partial charge is 0.106 e. The van der Waals surface area contributed by atoms with Crippen LogP contribution in [0, 0.1) is 6.92 Å². The van der Waals surface area contributed by atoms with Gasteiger partial charge in [-0.2, -0.15) is 0 Å². The van der Waals surface area contributed by atoms with Crippen molar-refractivity contribution in [2.24, 2.45) is 5.73 Å². The van der Waals surface area contributed by atoms with Crippen molar-refractivity contribution in [3.8, 4) is 0 Å². The third-order valence-electron chi connectivity index (χ3n) is 2.18. The normalized spacial score (nSPS) is 10.9. The molecule has 86 valence electrons. The van der Waals surface area contributed by atoms with E-state index in [9.17, 15) is 0 Å². The molecule has 5 heteroatoms. The fourth-order valence-corrected chi connectivity index (χ4v) is 2.95. The highest BCUT2D eigenvalue weighted by molar-refractivity contribution is 7.11. The Kier molecular flexibility index (Phi) is 4.06. The van der Waals surface area contributed by atoms with E-state index >= 15 is 0 Å². The van der Waals surface area contributed by atoms with Crippen molar-refractivity contribution >= 4 is 22.7 Å². The minimum atomic E-state index is 0.536. The van der Waals surface area contributed by atoms with Gasteiger partial charge in [-0.3, -0.25) is 0 Å². The van der Waals surface area contributed by atoms with Crippen LogP contribution < -0.4 is 11.1 Å². The molecule has 0 aromatic carbocycles. The molecule has 16 heavy (non-hydrogen) atoms. The van der Waals surface area contributed by atoms with Crippen LogP contribution in [-0.4, -0.2) is 4.98 Å². The Hall–Kier alpha value is -0.750. The van der Waals surface area contributed by atoms with Gasteiger partial charge in [0.25, 0.3) is 0 Å². The number of hydrogen-bond donors (Lipinski definition) is 2. The van der Waals surface area contributed by atoms with Crippen molar-refractivity contribution in [2.75, 3.05) is 0 Å². The fourth-order valence-electron chi connectivity index (χ4n) is 1.42. The average molecular weight is 253 g/mol. The van der Waals surface area contributed by atoms with Crippen LogP contribution in [0.2, 0.25) is 0 Å². The number of hydrogen-bond acceptors (Lipinski definition) is 5. The van der Waals surface area contributed by atoms with Gasteiger partial charge in [0.15, 0.2) is 0 Å². The molecule has 0 unspecified atom stereocenters. The molecule has 0 radical (unpaired) electrons. The second-order valence-electron chi connectivity index (χ2n) is 3.55. The molecule has 0 atom stereocenters. The second-order valence-corrected chi connectivity index (χ2v) is 5.87. The first-order valence-electron chi connectivity index (χ1n) is 5.17. The third kappa shape index (κ3) is 3.12. The van der Waals surface area contributed by atoms with Crippen LogP contribution in [-0.2, 0) is 19.6 Å². The van der Waals surface area contributed by atoms with Gasteiger partial charge in [0.1, 0.15) is 5.01 Å². The summed E-state index contributed by atoms with van der Waals surface area (Å²) in [6, 6.07) is 4.32. The Labute approximate surface area is 103 Å². The Morgan fingerprint density at radius 1 is 1.38 bits per heavy atom. The van der Waals surface area contributed by atoms with Crippen LogP contribution >= 0.6 is 22.7 Å². The van der Waals surface area contributed by atoms with E-state index in [2.05, 4.69) is 34.7 Å². The zero-order chi connectivity index (χ0) is 11.4. The number of nitrogens with one attached hydrogen (secondary N) is 1. The monoisotopic (exact) mass is 253 g/mol. The molecule has 3 N–H and O–H groups in total. The lowest BCUT2D eigenvalue weighted by molar-refractivity contribution is 0.687. The Balaban J connectivity index is 1.79. The topological polar surface area (TPSA) is 50.9 Å². The second kappa shape index (κ2) is 5.54. The van der Waals surface area contributed by atoms with Crippen molar-refractivity contribution < 1.29 is 0 Å². The third-order valence-corrected chi connectivity index (χ3v) is 4.10. The lowest BCUT2D eigenvalue weighted by Gasteiger charge is -1.99. The largest absolute Gasteiger partial charge is 0.325 e. The first-order valence-corrected chi connectivity index (χ1v) is 6.87. The molecule has 0 fully saturated rings. The number of nitrogens with zero attached hydrogens (tertiary/aromatic N) is 1. The summed E-state index contributed by atoms with van der Waals surface area (Å²) in [4.78, 5) is 7.12. The predicted octanol–water partition coefficient (Wildman–Crippen LogP) is 2.26. The molecule has 2 heterocycles. The van der Waals surface area contributed by atoms with Gasteiger partial charge < -0.3 is 11.1 Å². The first-order chi connectivity index (χ1) is 7.78. The summed E-state index contributed by atoms with van der Waals surface area (Å²) in [7, 11) is 0. The van der Waals surface area contributed by atoms with E-state index in [1.165, 1.54) is 9.75 Å². The molecule has 0 aliphatic rings. The molecular weight excluding hydrogens is 238 g/mol. The molecule has 2 rings (SSSR count). The van der Waals surface area contributed by atoms with E-state index in [-0.39, 0.29) is 0 Å². The number of nitrogens with two attached hydrogens (primary N) is 1. The molecule has 0 aliphatic heterocycles. The maximum Gasteiger partial charge on any atom is 0.106 e. The first kappa shape index (κ1) is 11.7. The minimum Gasteiger partial charge on any atom is -0.325 e. The van der Waals surface area contributed by atoms with Crippen molar-refractivity contribution in [1.82, 2.24) is 10.3 Å². The Morgan fingerprint density at radius 3 is 2.88 bits per heavy atom. The lowest BCUT2D eigenvalue weighted by Crippen LogP contribution is -2.12. The highest BCUT2D eigenvalue weighted by Gasteiger charge is 2.00. The molecule has 0 bridgehead atoms. The van der Waals surface area contributed by atoms with Gasteiger partial charge in [0.05, 0.1) is 5.69 Å². The van der Waals surface area contributed by atoms with E-state index in [0.29, 0.717) is 6.54 Å².